The highest BCUT2D eigenvalue weighted by molar-refractivity contribution is 8.00. The molecule has 3 aromatic rings. The summed E-state index contributed by atoms with van der Waals surface area (Å²) >= 11 is 15.2. The number of halogens is 2. The molecule has 1 N–H and O–H groups in total. The first-order valence-electron chi connectivity index (χ1n) is 10.5. The van der Waals surface area contributed by atoms with Gasteiger partial charge >= 0.3 is 0 Å². The number of benzene rings is 2. The molecule has 0 saturated carbocycles. The van der Waals surface area contributed by atoms with Crippen LogP contribution in [0.1, 0.15) is 24.0 Å². The minimum absolute atomic E-state index is 0.165. The monoisotopic (exact) mass is 556 g/mol. The van der Waals surface area contributed by atoms with Gasteiger partial charge in [-0.1, -0.05) is 82.7 Å². The first kappa shape index (κ1) is 25.4. The number of aromatic nitrogens is 2. The normalized spacial score (nSPS) is 15.4. The number of hydrogen-bond donors (Lipinski definition) is 1. The van der Waals surface area contributed by atoms with Crippen molar-refractivity contribution in [2.45, 2.75) is 28.7 Å². The number of carbonyl (C=O) groups is 1. The summed E-state index contributed by atoms with van der Waals surface area (Å²) < 4.78 is 27.9. The lowest BCUT2D eigenvalue weighted by molar-refractivity contribution is -0.120. The van der Waals surface area contributed by atoms with E-state index in [1.54, 1.807) is 30.0 Å². The predicted octanol–water partition coefficient (Wildman–Crippen LogP) is 5.32. The van der Waals surface area contributed by atoms with Gasteiger partial charge in [-0.2, -0.15) is 0 Å². The number of nitrogens with one attached hydrogen (secondary N) is 1. The lowest BCUT2D eigenvalue weighted by Crippen LogP contribution is -2.41. The standard InChI is InChI=1S/C22H22Cl2N4O3S3/c23-18-7-4-8-19(24)17(18)14-34(30,31)28-11-9-16(10-12-28)20(29)25-21-26-27-22(33-21)32-13-15-5-2-1-3-6-15/h1-8,16H,9-14H2,(H,25,26,29). The number of rotatable bonds is 8. The van der Waals surface area contributed by atoms with Crippen molar-refractivity contribution in [1.29, 1.82) is 0 Å². The van der Waals surface area contributed by atoms with Crippen molar-refractivity contribution < 1.29 is 13.2 Å². The Morgan fingerprint density at radius 2 is 1.74 bits per heavy atom. The Kier molecular flexibility index (Phi) is 8.49. The fourth-order valence-electron chi connectivity index (χ4n) is 3.59. The molecule has 1 saturated heterocycles. The summed E-state index contributed by atoms with van der Waals surface area (Å²) in [4.78, 5) is 12.7. The number of amides is 1. The van der Waals surface area contributed by atoms with Gasteiger partial charge in [0.25, 0.3) is 0 Å². The van der Waals surface area contributed by atoms with Crippen LogP contribution in [-0.2, 0) is 26.3 Å². The Balaban J connectivity index is 1.28. The van der Waals surface area contributed by atoms with Crippen LogP contribution >= 0.6 is 46.3 Å². The number of carbonyl (C=O) groups excluding carboxylic acids is 1. The molecule has 0 atom stereocenters. The Bertz CT molecular complexity index is 1230. The van der Waals surface area contributed by atoms with Crippen molar-refractivity contribution in [2.24, 2.45) is 5.92 Å². The van der Waals surface area contributed by atoms with Crippen LogP contribution in [0.25, 0.3) is 0 Å². The van der Waals surface area contributed by atoms with Crippen molar-refractivity contribution in [3.05, 3.63) is 69.7 Å². The molecule has 12 heteroatoms. The van der Waals surface area contributed by atoms with E-state index in [4.69, 9.17) is 23.2 Å². The van der Waals surface area contributed by atoms with Gasteiger partial charge in [-0.05, 0) is 30.5 Å². The third kappa shape index (κ3) is 6.50. The molecule has 2 heterocycles. The van der Waals surface area contributed by atoms with Crippen molar-refractivity contribution >= 4 is 67.4 Å². The van der Waals surface area contributed by atoms with E-state index in [1.165, 1.54) is 21.2 Å². The molecular weight excluding hydrogens is 535 g/mol. The van der Waals surface area contributed by atoms with Crippen LogP contribution in [0, 0.1) is 5.92 Å². The Morgan fingerprint density at radius 1 is 1.06 bits per heavy atom. The Morgan fingerprint density at radius 3 is 2.41 bits per heavy atom. The highest BCUT2D eigenvalue weighted by Gasteiger charge is 2.32. The van der Waals surface area contributed by atoms with Gasteiger partial charge in [0.15, 0.2) is 4.34 Å². The summed E-state index contributed by atoms with van der Waals surface area (Å²) in [6.45, 7) is 0.521. The predicted molar refractivity (Wildman–Crippen MR) is 138 cm³/mol. The highest BCUT2D eigenvalue weighted by atomic mass is 35.5. The molecule has 0 unspecified atom stereocenters. The number of thioether (sulfide) groups is 1. The van der Waals surface area contributed by atoms with Crippen LogP contribution in [0.4, 0.5) is 5.13 Å². The zero-order valence-corrected chi connectivity index (χ0v) is 21.9. The first-order valence-corrected chi connectivity index (χ1v) is 14.7. The van der Waals surface area contributed by atoms with E-state index in [0.717, 1.165) is 10.1 Å². The lowest BCUT2D eigenvalue weighted by Gasteiger charge is -2.30. The van der Waals surface area contributed by atoms with Crippen molar-refractivity contribution in [3.8, 4) is 0 Å². The van der Waals surface area contributed by atoms with Crippen molar-refractivity contribution in [3.63, 3.8) is 0 Å². The molecule has 7 nitrogen and oxygen atoms in total. The number of anilines is 1. The molecule has 1 amide bonds. The third-order valence-corrected chi connectivity index (χ3v) is 10.0. The van der Waals surface area contributed by atoms with Crippen LogP contribution in [0.5, 0.6) is 0 Å². The molecule has 180 valence electrons. The van der Waals surface area contributed by atoms with Crippen LogP contribution < -0.4 is 5.32 Å². The molecule has 0 bridgehead atoms. The lowest BCUT2D eigenvalue weighted by atomic mass is 9.97. The highest BCUT2D eigenvalue weighted by Crippen LogP contribution is 2.31. The number of piperidine rings is 1. The van der Waals surface area contributed by atoms with Gasteiger partial charge in [0, 0.05) is 40.4 Å². The fourth-order valence-corrected chi connectivity index (χ4v) is 7.61. The molecule has 1 aliphatic rings. The maximum absolute atomic E-state index is 12.9. The second-order valence-electron chi connectivity index (χ2n) is 7.77. The summed E-state index contributed by atoms with van der Waals surface area (Å²) in [5.74, 6) is 0.0495. The maximum Gasteiger partial charge on any atom is 0.229 e. The molecule has 0 radical (unpaired) electrons. The molecule has 34 heavy (non-hydrogen) atoms. The topological polar surface area (TPSA) is 92.3 Å². The van der Waals surface area contributed by atoms with E-state index in [-0.39, 0.29) is 30.7 Å². The summed E-state index contributed by atoms with van der Waals surface area (Å²) in [5.41, 5.74) is 1.58. The molecule has 4 rings (SSSR count). The van der Waals surface area contributed by atoms with E-state index < -0.39 is 10.0 Å². The average Bonchev–Trinajstić information content (AvgIpc) is 3.28. The van der Waals surface area contributed by atoms with Crippen LogP contribution in [0.15, 0.2) is 52.9 Å². The number of sulfonamides is 1. The van der Waals surface area contributed by atoms with Gasteiger partial charge in [0.2, 0.25) is 21.1 Å². The average molecular weight is 558 g/mol. The van der Waals surface area contributed by atoms with Crippen molar-refractivity contribution in [1.82, 2.24) is 14.5 Å². The number of hydrogen-bond acceptors (Lipinski definition) is 7. The zero-order chi connectivity index (χ0) is 24.1. The fraction of sp³-hybridized carbons (Fsp3) is 0.318. The van der Waals surface area contributed by atoms with Gasteiger partial charge in [0.1, 0.15) is 0 Å². The third-order valence-electron chi connectivity index (χ3n) is 5.45. The minimum Gasteiger partial charge on any atom is -0.300 e. The Hall–Kier alpha value is -1.69. The van der Waals surface area contributed by atoms with Gasteiger partial charge in [-0.3, -0.25) is 4.79 Å². The maximum atomic E-state index is 12.9. The quantitative estimate of drug-likeness (QED) is 0.298. The van der Waals surface area contributed by atoms with Crippen LogP contribution in [-0.4, -0.2) is 41.9 Å². The van der Waals surface area contributed by atoms with Crippen LogP contribution in [0.2, 0.25) is 10.0 Å². The van der Waals surface area contributed by atoms with E-state index in [0.29, 0.717) is 33.6 Å². The van der Waals surface area contributed by atoms with Gasteiger partial charge in [-0.25, -0.2) is 12.7 Å². The minimum atomic E-state index is -3.61. The molecule has 1 aliphatic heterocycles. The van der Waals surface area contributed by atoms with E-state index >= 15 is 0 Å². The largest absolute Gasteiger partial charge is 0.300 e. The van der Waals surface area contributed by atoms with E-state index in [9.17, 15) is 13.2 Å². The zero-order valence-electron chi connectivity index (χ0n) is 18.0. The summed E-state index contributed by atoms with van der Waals surface area (Å²) in [6.07, 6.45) is 0.853. The second-order valence-corrected chi connectivity index (χ2v) is 12.7. The smallest absolute Gasteiger partial charge is 0.229 e. The molecular formula is C22H22Cl2N4O3S3. The second kappa shape index (κ2) is 11.4. The summed E-state index contributed by atoms with van der Waals surface area (Å²) in [5, 5.41) is 12.1. The molecule has 0 aliphatic carbocycles. The van der Waals surface area contributed by atoms with Gasteiger partial charge < -0.3 is 5.32 Å². The summed E-state index contributed by atoms with van der Waals surface area (Å²) in [7, 11) is -3.61. The molecule has 1 aromatic heterocycles. The van der Waals surface area contributed by atoms with Crippen molar-refractivity contribution in [2.75, 3.05) is 18.4 Å². The Labute approximate surface area is 216 Å². The SMILES string of the molecule is O=C(Nc1nnc(SCc2ccccc2)s1)C1CCN(S(=O)(=O)Cc2c(Cl)cccc2Cl)CC1. The van der Waals surface area contributed by atoms with Gasteiger partial charge in [0.05, 0.1) is 5.75 Å². The number of nitrogens with zero attached hydrogens (tertiary/aromatic N) is 3. The van der Waals surface area contributed by atoms with E-state index in [1.807, 2.05) is 30.3 Å². The molecule has 2 aromatic carbocycles. The summed E-state index contributed by atoms with van der Waals surface area (Å²) in [6, 6.07) is 15.0. The van der Waals surface area contributed by atoms with Crippen LogP contribution in [0.3, 0.4) is 0 Å². The van der Waals surface area contributed by atoms with Gasteiger partial charge in [-0.15, -0.1) is 10.2 Å². The van der Waals surface area contributed by atoms with E-state index in [2.05, 4.69) is 15.5 Å². The molecule has 0 spiro atoms. The first-order chi connectivity index (χ1) is 16.3. The molecule has 1 fully saturated rings.